The van der Waals surface area contributed by atoms with Crippen LogP contribution >= 0.6 is 0 Å². The van der Waals surface area contributed by atoms with E-state index in [0.717, 1.165) is 11.1 Å². The van der Waals surface area contributed by atoms with Gasteiger partial charge in [-0.05, 0) is 35.6 Å². The van der Waals surface area contributed by atoms with Gasteiger partial charge in [-0.15, -0.1) is 0 Å². The zero-order valence-corrected chi connectivity index (χ0v) is 20.5. The van der Waals surface area contributed by atoms with Crippen molar-refractivity contribution in [2.45, 2.75) is 50.4 Å². The maximum absolute atomic E-state index is 13.0. The molecule has 2 aromatic rings. The predicted molar refractivity (Wildman–Crippen MR) is 131 cm³/mol. The molecule has 1 N–H and O–H groups in total. The Hall–Kier alpha value is -3.46. The molecule has 2 saturated heterocycles. The number of nitrogens with one attached hydrogen (secondary N) is 1. The highest BCUT2D eigenvalue weighted by Crippen LogP contribution is 2.52. The number of cyclic esters (lactones) is 1. The Morgan fingerprint density at radius 3 is 2.67 bits per heavy atom. The van der Waals surface area contributed by atoms with Gasteiger partial charge in [0.25, 0.3) is 0 Å². The number of pyridine rings is 1. The molecular weight excluding hydrogens is 460 g/mol. The summed E-state index contributed by atoms with van der Waals surface area (Å²) in [6.07, 6.45) is 4.61. The number of benzene rings is 1. The summed E-state index contributed by atoms with van der Waals surface area (Å²) in [5, 5.41) is 3.21. The van der Waals surface area contributed by atoms with Gasteiger partial charge in [-0.3, -0.25) is 19.5 Å². The molecule has 3 aliphatic rings. The van der Waals surface area contributed by atoms with Crippen LogP contribution in [-0.2, 0) is 31.1 Å². The van der Waals surface area contributed by atoms with Crippen molar-refractivity contribution in [3.8, 4) is 0 Å². The molecule has 3 amide bonds. The number of ether oxygens (including phenoxy) is 2. The molecule has 2 aliphatic heterocycles. The number of carbonyl (C=O) groups is 3. The van der Waals surface area contributed by atoms with Gasteiger partial charge in [0.1, 0.15) is 13.2 Å². The van der Waals surface area contributed by atoms with Crippen molar-refractivity contribution in [1.82, 2.24) is 20.1 Å². The number of nitrogens with zero attached hydrogens (tertiary/aromatic N) is 3. The normalized spacial score (nSPS) is 22.4. The van der Waals surface area contributed by atoms with Gasteiger partial charge in [0.05, 0.1) is 25.3 Å². The van der Waals surface area contributed by atoms with E-state index in [9.17, 15) is 14.4 Å². The van der Waals surface area contributed by atoms with E-state index < -0.39 is 6.09 Å². The fourth-order valence-electron chi connectivity index (χ4n) is 5.75. The van der Waals surface area contributed by atoms with Crippen molar-refractivity contribution in [3.63, 3.8) is 0 Å². The minimum absolute atomic E-state index is 0.0213. The predicted octanol–water partition coefficient (Wildman–Crippen LogP) is 2.56. The van der Waals surface area contributed by atoms with E-state index in [2.05, 4.69) is 22.4 Å². The van der Waals surface area contributed by atoms with Crippen LogP contribution in [0.15, 0.2) is 48.8 Å². The molecule has 1 spiro atoms. The number of piperidine rings is 1. The van der Waals surface area contributed by atoms with Crippen LogP contribution in [0.5, 0.6) is 0 Å². The van der Waals surface area contributed by atoms with Crippen LogP contribution in [0.1, 0.15) is 48.9 Å². The summed E-state index contributed by atoms with van der Waals surface area (Å²) < 4.78 is 11.6. The van der Waals surface area contributed by atoms with Gasteiger partial charge in [-0.2, -0.15) is 0 Å². The van der Waals surface area contributed by atoms with Crippen molar-refractivity contribution < 1.29 is 23.9 Å². The van der Waals surface area contributed by atoms with Crippen molar-refractivity contribution in [2.75, 3.05) is 32.8 Å². The van der Waals surface area contributed by atoms with Gasteiger partial charge in [-0.1, -0.05) is 37.3 Å². The lowest BCUT2D eigenvalue weighted by atomic mass is 9.71. The molecule has 1 aromatic heterocycles. The fourth-order valence-corrected chi connectivity index (χ4v) is 5.75. The van der Waals surface area contributed by atoms with Gasteiger partial charge in [-0.25, -0.2) is 4.79 Å². The maximum atomic E-state index is 13.0. The topological polar surface area (TPSA) is 101 Å². The Balaban J connectivity index is 1.39. The van der Waals surface area contributed by atoms with Crippen LogP contribution in [-0.4, -0.2) is 71.6 Å². The third-order valence-electron chi connectivity index (χ3n) is 7.65. The summed E-state index contributed by atoms with van der Waals surface area (Å²) in [5.41, 5.74) is 2.88. The zero-order chi connectivity index (χ0) is 25.1. The van der Waals surface area contributed by atoms with Gasteiger partial charge >= 0.3 is 6.09 Å². The van der Waals surface area contributed by atoms with Crippen LogP contribution in [0.2, 0.25) is 0 Å². The summed E-state index contributed by atoms with van der Waals surface area (Å²) in [7, 11) is 0. The smallest absolute Gasteiger partial charge is 0.410 e. The van der Waals surface area contributed by atoms with Gasteiger partial charge in [0, 0.05) is 37.3 Å². The Bertz CT molecular complexity index is 1120. The van der Waals surface area contributed by atoms with E-state index in [0.29, 0.717) is 52.1 Å². The zero-order valence-electron chi connectivity index (χ0n) is 20.5. The Morgan fingerprint density at radius 2 is 1.97 bits per heavy atom. The van der Waals surface area contributed by atoms with E-state index in [-0.39, 0.29) is 35.9 Å². The molecule has 2 fully saturated rings. The molecule has 1 aromatic carbocycles. The summed E-state index contributed by atoms with van der Waals surface area (Å²) in [6, 6.07) is 11.8. The molecule has 9 nitrogen and oxygen atoms in total. The van der Waals surface area contributed by atoms with E-state index in [1.165, 1.54) is 10.5 Å². The highest BCUT2D eigenvalue weighted by atomic mass is 16.6. The van der Waals surface area contributed by atoms with Crippen LogP contribution in [0.3, 0.4) is 0 Å². The quantitative estimate of drug-likeness (QED) is 0.638. The van der Waals surface area contributed by atoms with Crippen LogP contribution in [0.25, 0.3) is 0 Å². The standard InChI is InChI=1S/C27H32N4O5/c1-2-22(32)29-24-20-7-3-4-8-21(20)27(25(24)36-18-19-6-5-11-28-16-19)9-12-30(13-10-27)23(33)17-31-14-15-35-26(31)34/h3-8,11,16,24-25H,2,9-10,12-15,17-18H2,1H3,(H,29,32)/t24-,25+/m0/s1. The second kappa shape index (κ2) is 10.3. The Kier molecular flexibility index (Phi) is 6.91. The SMILES string of the molecule is CCC(=O)N[C@H]1c2ccccc2C2(CCN(C(=O)CN3CCOC3=O)CC2)[C@@H]1OCc1cccnc1. The number of amides is 3. The molecule has 190 valence electrons. The first-order chi connectivity index (χ1) is 17.5. The number of fused-ring (bicyclic) bond motifs is 2. The Labute approximate surface area is 210 Å². The number of carbonyl (C=O) groups excluding carboxylic acids is 3. The maximum Gasteiger partial charge on any atom is 0.410 e. The number of aromatic nitrogens is 1. The lowest BCUT2D eigenvalue weighted by Crippen LogP contribution is -2.53. The first kappa shape index (κ1) is 24.2. The molecule has 0 unspecified atom stereocenters. The molecule has 36 heavy (non-hydrogen) atoms. The van der Waals surface area contributed by atoms with Gasteiger partial charge in [0.2, 0.25) is 11.8 Å². The molecule has 0 bridgehead atoms. The van der Waals surface area contributed by atoms with E-state index >= 15 is 0 Å². The highest BCUT2D eigenvalue weighted by molar-refractivity contribution is 5.83. The molecule has 1 aliphatic carbocycles. The van der Waals surface area contributed by atoms with Crippen LogP contribution in [0, 0.1) is 0 Å². The molecule has 2 atom stereocenters. The van der Waals surface area contributed by atoms with E-state index in [1.54, 1.807) is 12.4 Å². The second-order valence-electron chi connectivity index (χ2n) is 9.65. The summed E-state index contributed by atoms with van der Waals surface area (Å²) in [5.74, 6) is -0.0920. The molecule has 9 heteroatoms. The fraction of sp³-hybridized carbons (Fsp3) is 0.481. The average molecular weight is 493 g/mol. The third-order valence-corrected chi connectivity index (χ3v) is 7.65. The van der Waals surface area contributed by atoms with Crippen molar-refractivity contribution in [2.24, 2.45) is 0 Å². The van der Waals surface area contributed by atoms with Gasteiger partial charge in [0.15, 0.2) is 0 Å². The molecule has 5 rings (SSSR count). The minimum Gasteiger partial charge on any atom is -0.448 e. The van der Waals surface area contributed by atoms with E-state index in [4.69, 9.17) is 9.47 Å². The molecular formula is C27H32N4O5. The first-order valence-electron chi connectivity index (χ1n) is 12.6. The molecule has 0 radical (unpaired) electrons. The molecule has 0 saturated carbocycles. The Morgan fingerprint density at radius 1 is 1.17 bits per heavy atom. The lowest BCUT2D eigenvalue weighted by Gasteiger charge is -2.44. The lowest BCUT2D eigenvalue weighted by molar-refractivity contribution is -0.135. The van der Waals surface area contributed by atoms with Crippen molar-refractivity contribution in [3.05, 3.63) is 65.5 Å². The number of hydrogen-bond acceptors (Lipinski definition) is 6. The van der Waals surface area contributed by atoms with Crippen molar-refractivity contribution >= 4 is 17.9 Å². The summed E-state index contributed by atoms with van der Waals surface area (Å²) in [4.78, 5) is 44.8. The van der Waals surface area contributed by atoms with Crippen LogP contribution in [0.4, 0.5) is 4.79 Å². The number of rotatable bonds is 7. The largest absolute Gasteiger partial charge is 0.448 e. The van der Waals surface area contributed by atoms with E-state index in [1.807, 2.05) is 36.1 Å². The number of hydrogen-bond donors (Lipinski definition) is 1. The third kappa shape index (κ3) is 4.55. The summed E-state index contributed by atoms with van der Waals surface area (Å²) >= 11 is 0. The van der Waals surface area contributed by atoms with Crippen LogP contribution < -0.4 is 5.32 Å². The first-order valence-corrected chi connectivity index (χ1v) is 12.6. The summed E-state index contributed by atoms with van der Waals surface area (Å²) in [6.45, 7) is 4.14. The second-order valence-corrected chi connectivity index (χ2v) is 9.65. The monoisotopic (exact) mass is 492 g/mol. The van der Waals surface area contributed by atoms with Crippen molar-refractivity contribution in [1.29, 1.82) is 0 Å². The average Bonchev–Trinajstić information content (AvgIpc) is 3.42. The molecule has 3 heterocycles. The van der Waals surface area contributed by atoms with Gasteiger partial charge < -0.3 is 19.7 Å². The highest BCUT2D eigenvalue weighted by Gasteiger charge is 2.54. The number of likely N-dealkylation sites (tertiary alicyclic amines) is 1. The minimum atomic E-state index is -0.431.